The topological polar surface area (TPSA) is 73.8 Å². The van der Waals surface area contributed by atoms with Crippen LogP contribution in [-0.2, 0) is 10.0 Å². The Morgan fingerprint density at radius 3 is 2.28 bits per heavy atom. The first kappa shape index (κ1) is 25.2. The van der Waals surface area contributed by atoms with E-state index in [4.69, 9.17) is 4.98 Å². The fourth-order valence-corrected chi connectivity index (χ4v) is 7.51. The van der Waals surface area contributed by atoms with Crippen LogP contribution in [0.5, 0.6) is 0 Å². The van der Waals surface area contributed by atoms with Crippen LogP contribution in [0.2, 0.25) is 0 Å². The summed E-state index contributed by atoms with van der Waals surface area (Å²) in [6, 6.07) is 12.8. The molecular weight excluding hydrogens is 492 g/mol. The Hall–Kier alpha value is -2.49. The van der Waals surface area contributed by atoms with E-state index in [1.165, 1.54) is 10.3 Å². The molecule has 5 rings (SSSR count). The molecule has 2 saturated heterocycles. The lowest BCUT2D eigenvalue weighted by Crippen LogP contribution is -2.48. The van der Waals surface area contributed by atoms with Crippen LogP contribution in [0.3, 0.4) is 0 Å². The van der Waals surface area contributed by atoms with Crippen LogP contribution in [0.15, 0.2) is 47.4 Å². The van der Waals surface area contributed by atoms with E-state index in [1.807, 2.05) is 4.90 Å². The number of amides is 1. The van der Waals surface area contributed by atoms with Crippen LogP contribution in [-0.4, -0.2) is 67.8 Å². The maximum absolute atomic E-state index is 13.1. The van der Waals surface area contributed by atoms with Crippen molar-refractivity contribution in [3.63, 3.8) is 0 Å². The van der Waals surface area contributed by atoms with Gasteiger partial charge in [0, 0.05) is 44.8 Å². The van der Waals surface area contributed by atoms with Crippen LogP contribution >= 0.6 is 11.3 Å². The van der Waals surface area contributed by atoms with Crippen molar-refractivity contribution < 1.29 is 13.2 Å². The molecule has 7 nitrogen and oxygen atoms in total. The van der Waals surface area contributed by atoms with E-state index in [0.29, 0.717) is 43.6 Å². The highest BCUT2D eigenvalue weighted by atomic mass is 32.2. The third kappa shape index (κ3) is 4.88. The van der Waals surface area contributed by atoms with Crippen molar-refractivity contribution in [2.45, 2.75) is 44.4 Å². The minimum Gasteiger partial charge on any atom is -0.345 e. The van der Waals surface area contributed by atoms with E-state index in [1.54, 1.807) is 39.9 Å². The molecule has 1 amide bonds. The van der Waals surface area contributed by atoms with Crippen molar-refractivity contribution in [1.82, 2.24) is 14.2 Å². The van der Waals surface area contributed by atoms with Crippen LogP contribution in [0.1, 0.15) is 55.5 Å². The molecule has 0 unspecified atom stereocenters. The number of thiazole rings is 1. The molecule has 2 fully saturated rings. The Bertz CT molecular complexity index is 1340. The van der Waals surface area contributed by atoms with Crippen molar-refractivity contribution in [2.24, 2.45) is 5.92 Å². The average Bonchev–Trinajstić information content (AvgIpc) is 3.33. The Kier molecular flexibility index (Phi) is 7.07. The van der Waals surface area contributed by atoms with Gasteiger partial charge in [0.1, 0.15) is 0 Å². The predicted molar refractivity (Wildman–Crippen MR) is 145 cm³/mol. The molecule has 1 aromatic heterocycles. The number of hydrogen-bond donors (Lipinski definition) is 0. The highest BCUT2D eigenvalue weighted by Crippen LogP contribution is 2.34. The van der Waals surface area contributed by atoms with Crippen molar-refractivity contribution in [3.8, 4) is 0 Å². The molecule has 0 spiro atoms. The monoisotopic (exact) mass is 526 g/mol. The third-order valence-corrected chi connectivity index (χ3v) is 10.4. The quantitative estimate of drug-likeness (QED) is 0.477. The smallest absolute Gasteiger partial charge is 0.253 e. The standard InChI is InChI=1S/C27H34N4O3S2/c1-19(2)23-5-4-6-24-25(23)28-27(35-24)30-17-15-29(16-18-30)26(32)21-7-9-22(10-8-21)36(33,34)31-13-11-20(3)12-14-31/h4-10,19-20H,11-18H2,1-3H3. The van der Waals surface area contributed by atoms with Gasteiger partial charge in [-0.2, -0.15) is 4.31 Å². The molecule has 192 valence electrons. The Morgan fingerprint density at radius 1 is 0.972 bits per heavy atom. The molecule has 2 aromatic carbocycles. The normalized spacial score (nSPS) is 18.3. The van der Waals surface area contributed by atoms with Gasteiger partial charge in [0.25, 0.3) is 5.91 Å². The number of para-hydroxylation sites is 1. The van der Waals surface area contributed by atoms with Crippen molar-refractivity contribution >= 4 is 42.6 Å². The number of fused-ring (bicyclic) bond motifs is 1. The summed E-state index contributed by atoms with van der Waals surface area (Å²) in [5.74, 6) is 0.920. The first-order valence-corrected chi connectivity index (χ1v) is 15.0. The van der Waals surface area contributed by atoms with Gasteiger partial charge in [-0.3, -0.25) is 4.79 Å². The number of benzene rings is 2. The molecule has 2 aliphatic rings. The Morgan fingerprint density at radius 2 is 1.64 bits per heavy atom. The second-order valence-electron chi connectivity index (χ2n) is 10.2. The maximum Gasteiger partial charge on any atom is 0.253 e. The summed E-state index contributed by atoms with van der Waals surface area (Å²) in [5.41, 5.74) is 2.88. The van der Waals surface area contributed by atoms with E-state index in [9.17, 15) is 13.2 Å². The zero-order chi connectivity index (χ0) is 25.4. The Balaban J connectivity index is 1.23. The number of carbonyl (C=O) groups excluding carboxylic acids is 1. The van der Waals surface area contributed by atoms with Gasteiger partial charge in [0.2, 0.25) is 10.0 Å². The molecular formula is C27H34N4O3S2. The number of aromatic nitrogens is 1. The van der Waals surface area contributed by atoms with Crippen molar-refractivity contribution in [3.05, 3.63) is 53.6 Å². The molecule has 36 heavy (non-hydrogen) atoms. The summed E-state index contributed by atoms with van der Waals surface area (Å²) in [7, 11) is -3.51. The predicted octanol–water partition coefficient (Wildman–Crippen LogP) is 4.80. The van der Waals surface area contributed by atoms with Crippen LogP contribution in [0, 0.1) is 5.92 Å². The number of hydrogen-bond acceptors (Lipinski definition) is 6. The number of rotatable bonds is 5. The summed E-state index contributed by atoms with van der Waals surface area (Å²) in [6.07, 6.45) is 1.77. The fourth-order valence-electron chi connectivity index (χ4n) is 4.99. The third-order valence-electron chi connectivity index (χ3n) is 7.38. The summed E-state index contributed by atoms with van der Waals surface area (Å²) < 4.78 is 28.7. The van der Waals surface area contributed by atoms with E-state index >= 15 is 0 Å². The molecule has 9 heteroatoms. The zero-order valence-electron chi connectivity index (χ0n) is 21.2. The summed E-state index contributed by atoms with van der Waals surface area (Å²) in [4.78, 5) is 22.4. The average molecular weight is 527 g/mol. The molecule has 0 radical (unpaired) electrons. The number of carbonyl (C=O) groups is 1. The lowest BCUT2D eigenvalue weighted by molar-refractivity contribution is 0.0746. The van der Waals surface area contributed by atoms with Gasteiger partial charge in [-0.05, 0) is 60.6 Å². The summed E-state index contributed by atoms with van der Waals surface area (Å²) >= 11 is 1.71. The second kappa shape index (κ2) is 10.1. The van der Waals surface area contributed by atoms with Gasteiger partial charge in [-0.15, -0.1) is 0 Å². The highest BCUT2D eigenvalue weighted by Gasteiger charge is 2.29. The van der Waals surface area contributed by atoms with Gasteiger partial charge >= 0.3 is 0 Å². The van der Waals surface area contributed by atoms with Crippen LogP contribution in [0.25, 0.3) is 10.2 Å². The van der Waals surface area contributed by atoms with Crippen LogP contribution in [0.4, 0.5) is 5.13 Å². The van der Waals surface area contributed by atoms with Gasteiger partial charge < -0.3 is 9.80 Å². The van der Waals surface area contributed by atoms with Crippen molar-refractivity contribution in [1.29, 1.82) is 0 Å². The minimum absolute atomic E-state index is 0.0585. The highest BCUT2D eigenvalue weighted by molar-refractivity contribution is 7.89. The van der Waals surface area contributed by atoms with E-state index in [-0.39, 0.29) is 10.8 Å². The first-order chi connectivity index (χ1) is 17.2. The molecule has 0 atom stereocenters. The largest absolute Gasteiger partial charge is 0.345 e. The molecule has 3 aromatic rings. The number of anilines is 1. The van der Waals surface area contributed by atoms with E-state index in [0.717, 1.165) is 36.6 Å². The minimum atomic E-state index is -3.51. The number of sulfonamides is 1. The molecule has 0 aliphatic carbocycles. The number of piperazine rings is 1. The Labute approximate surface area is 217 Å². The van der Waals surface area contributed by atoms with Gasteiger partial charge in [-0.1, -0.05) is 44.2 Å². The van der Waals surface area contributed by atoms with Crippen LogP contribution < -0.4 is 4.90 Å². The fraction of sp³-hybridized carbons (Fsp3) is 0.481. The van der Waals surface area contributed by atoms with Gasteiger partial charge in [-0.25, -0.2) is 13.4 Å². The van der Waals surface area contributed by atoms with Gasteiger partial charge in [0.05, 0.1) is 15.1 Å². The number of nitrogens with zero attached hydrogens (tertiary/aromatic N) is 4. The van der Waals surface area contributed by atoms with E-state index < -0.39 is 10.0 Å². The van der Waals surface area contributed by atoms with E-state index in [2.05, 4.69) is 43.9 Å². The lowest BCUT2D eigenvalue weighted by Gasteiger charge is -2.34. The van der Waals surface area contributed by atoms with Gasteiger partial charge in [0.15, 0.2) is 5.13 Å². The zero-order valence-corrected chi connectivity index (χ0v) is 22.8. The SMILES string of the molecule is CC1CCN(S(=O)(=O)c2ccc(C(=O)N3CCN(c4nc5c(C(C)C)cccc5s4)CC3)cc2)CC1. The molecule has 3 heterocycles. The summed E-state index contributed by atoms with van der Waals surface area (Å²) in [5, 5.41) is 1.01. The van der Waals surface area contributed by atoms with Crippen molar-refractivity contribution in [2.75, 3.05) is 44.2 Å². The number of piperidine rings is 1. The summed E-state index contributed by atoms with van der Waals surface area (Å²) in [6.45, 7) is 10.3. The maximum atomic E-state index is 13.1. The lowest BCUT2D eigenvalue weighted by atomic mass is 10.0. The molecule has 2 aliphatic heterocycles. The first-order valence-electron chi connectivity index (χ1n) is 12.8. The molecule has 0 N–H and O–H groups in total. The molecule has 0 bridgehead atoms. The molecule has 0 saturated carbocycles. The second-order valence-corrected chi connectivity index (χ2v) is 13.2.